The fourth-order valence-corrected chi connectivity index (χ4v) is 1.47. The van der Waals surface area contributed by atoms with Crippen molar-refractivity contribution in [1.82, 2.24) is 10.1 Å². The molecule has 0 saturated carbocycles. The van der Waals surface area contributed by atoms with Crippen LogP contribution in [-0.4, -0.2) is 17.3 Å². The second-order valence-corrected chi connectivity index (χ2v) is 3.82. The molecule has 1 aromatic carbocycles. The molecule has 0 aliphatic carbocycles. The molecule has 0 fully saturated rings. The van der Waals surface area contributed by atoms with Gasteiger partial charge in [-0.15, -0.1) is 0 Å². The molecule has 0 aliphatic heterocycles. The minimum absolute atomic E-state index is 0.119. The predicted molar refractivity (Wildman–Crippen MR) is 63.5 cm³/mol. The summed E-state index contributed by atoms with van der Waals surface area (Å²) in [4.78, 5) is 4.08. The van der Waals surface area contributed by atoms with E-state index >= 15 is 0 Å². The van der Waals surface area contributed by atoms with Crippen LogP contribution in [0.25, 0.3) is 11.5 Å². The van der Waals surface area contributed by atoms with E-state index in [4.69, 9.17) is 15.0 Å². The van der Waals surface area contributed by atoms with Gasteiger partial charge in [-0.25, -0.2) is 4.39 Å². The van der Waals surface area contributed by atoms with E-state index in [9.17, 15) is 4.39 Å². The molecule has 0 aliphatic rings. The maximum absolute atomic E-state index is 13.8. The van der Waals surface area contributed by atoms with Crippen molar-refractivity contribution in [2.24, 2.45) is 5.73 Å². The number of aromatic nitrogens is 2. The SMILES string of the molecule is CCC(N)c1noc(-c2ccc(OC)cc2F)n1. The lowest BCUT2D eigenvalue weighted by Crippen LogP contribution is -2.10. The molecule has 6 heteroatoms. The van der Waals surface area contributed by atoms with Gasteiger partial charge in [0.25, 0.3) is 5.89 Å². The summed E-state index contributed by atoms with van der Waals surface area (Å²) in [6, 6.07) is 4.12. The maximum atomic E-state index is 13.8. The van der Waals surface area contributed by atoms with Crippen LogP contribution in [0.1, 0.15) is 25.2 Å². The van der Waals surface area contributed by atoms with E-state index in [2.05, 4.69) is 10.1 Å². The summed E-state index contributed by atoms with van der Waals surface area (Å²) in [5.74, 6) is 0.452. The number of rotatable bonds is 4. The fourth-order valence-electron chi connectivity index (χ4n) is 1.47. The van der Waals surface area contributed by atoms with Crippen molar-refractivity contribution < 1.29 is 13.7 Å². The van der Waals surface area contributed by atoms with Gasteiger partial charge in [0.15, 0.2) is 5.82 Å². The van der Waals surface area contributed by atoms with E-state index in [1.807, 2.05) is 6.92 Å². The van der Waals surface area contributed by atoms with Gasteiger partial charge in [-0.1, -0.05) is 12.1 Å². The van der Waals surface area contributed by atoms with Crippen LogP contribution in [0, 0.1) is 5.82 Å². The molecule has 2 aromatic rings. The first-order valence-corrected chi connectivity index (χ1v) is 5.58. The van der Waals surface area contributed by atoms with Crippen LogP contribution in [-0.2, 0) is 0 Å². The molecule has 1 unspecified atom stereocenters. The van der Waals surface area contributed by atoms with Crippen molar-refractivity contribution in [1.29, 1.82) is 0 Å². The van der Waals surface area contributed by atoms with Crippen molar-refractivity contribution in [3.63, 3.8) is 0 Å². The number of halogens is 1. The summed E-state index contributed by atoms with van der Waals surface area (Å²) in [6.07, 6.45) is 0.685. The van der Waals surface area contributed by atoms with Crippen molar-refractivity contribution in [2.75, 3.05) is 7.11 Å². The third kappa shape index (κ3) is 2.33. The highest BCUT2D eigenvalue weighted by atomic mass is 19.1. The number of methoxy groups -OCH3 is 1. The van der Waals surface area contributed by atoms with Gasteiger partial charge < -0.3 is 15.0 Å². The number of ether oxygens (including phenoxy) is 1. The zero-order valence-electron chi connectivity index (χ0n) is 10.2. The van der Waals surface area contributed by atoms with Gasteiger partial charge in [0.05, 0.1) is 18.7 Å². The first kappa shape index (κ1) is 12.5. The Hall–Kier alpha value is -1.95. The van der Waals surface area contributed by atoms with Gasteiger partial charge in [0.2, 0.25) is 0 Å². The van der Waals surface area contributed by atoms with E-state index in [0.29, 0.717) is 18.0 Å². The molecule has 1 atom stereocenters. The summed E-state index contributed by atoms with van der Waals surface area (Å²) in [6.45, 7) is 1.91. The second-order valence-electron chi connectivity index (χ2n) is 3.82. The smallest absolute Gasteiger partial charge is 0.260 e. The Labute approximate surface area is 104 Å². The van der Waals surface area contributed by atoms with E-state index in [-0.39, 0.29) is 17.5 Å². The Morgan fingerprint density at radius 2 is 2.28 bits per heavy atom. The molecule has 0 spiro atoms. The first-order valence-electron chi connectivity index (χ1n) is 5.58. The van der Waals surface area contributed by atoms with Gasteiger partial charge in [-0.2, -0.15) is 4.98 Å². The molecule has 0 amide bonds. The fraction of sp³-hybridized carbons (Fsp3) is 0.333. The largest absolute Gasteiger partial charge is 0.497 e. The quantitative estimate of drug-likeness (QED) is 0.902. The van der Waals surface area contributed by atoms with E-state index < -0.39 is 5.82 Å². The molecule has 2 N–H and O–H groups in total. The lowest BCUT2D eigenvalue weighted by atomic mass is 10.2. The Morgan fingerprint density at radius 1 is 1.50 bits per heavy atom. The van der Waals surface area contributed by atoms with Crippen molar-refractivity contribution in [3.8, 4) is 17.2 Å². The van der Waals surface area contributed by atoms with Gasteiger partial charge in [0, 0.05) is 6.07 Å². The molecule has 5 nitrogen and oxygen atoms in total. The lowest BCUT2D eigenvalue weighted by molar-refractivity contribution is 0.407. The van der Waals surface area contributed by atoms with Crippen LogP contribution in [0.3, 0.4) is 0 Å². The number of benzene rings is 1. The van der Waals surface area contributed by atoms with Crippen LogP contribution >= 0.6 is 0 Å². The van der Waals surface area contributed by atoms with Gasteiger partial charge in [-0.3, -0.25) is 0 Å². The average molecular weight is 251 g/mol. The second kappa shape index (κ2) is 5.14. The molecule has 0 bridgehead atoms. The van der Waals surface area contributed by atoms with Crippen molar-refractivity contribution in [2.45, 2.75) is 19.4 Å². The number of nitrogens with zero attached hydrogens (tertiary/aromatic N) is 2. The molecule has 1 aromatic heterocycles. The zero-order valence-corrected chi connectivity index (χ0v) is 10.2. The highest BCUT2D eigenvalue weighted by Crippen LogP contribution is 2.25. The van der Waals surface area contributed by atoms with Crippen LogP contribution in [0.5, 0.6) is 5.75 Å². The molecule has 1 heterocycles. The monoisotopic (exact) mass is 251 g/mol. The molecule has 96 valence electrons. The first-order chi connectivity index (χ1) is 8.65. The van der Waals surface area contributed by atoms with Crippen LogP contribution in [0.2, 0.25) is 0 Å². The number of hydrogen-bond donors (Lipinski definition) is 1. The van der Waals surface area contributed by atoms with Crippen LogP contribution in [0.4, 0.5) is 4.39 Å². The Bertz CT molecular complexity index is 542. The molecular formula is C12H14FN3O2. The minimum Gasteiger partial charge on any atom is -0.497 e. The normalized spacial score (nSPS) is 12.4. The Balaban J connectivity index is 2.34. The molecule has 18 heavy (non-hydrogen) atoms. The van der Waals surface area contributed by atoms with Gasteiger partial charge >= 0.3 is 0 Å². The zero-order chi connectivity index (χ0) is 13.1. The topological polar surface area (TPSA) is 74.2 Å². The molecular weight excluding hydrogens is 237 g/mol. The van der Waals surface area contributed by atoms with Crippen LogP contribution < -0.4 is 10.5 Å². The van der Waals surface area contributed by atoms with Crippen molar-refractivity contribution >= 4 is 0 Å². The number of nitrogens with two attached hydrogens (primary N) is 1. The summed E-state index contributed by atoms with van der Waals surface area (Å²) >= 11 is 0. The summed E-state index contributed by atoms with van der Waals surface area (Å²) in [5, 5.41) is 3.74. The van der Waals surface area contributed by atoms with E-state index in [0.717, 1.165) is 0 Å². The highest BCUT2D eigenvalue weighted by molar-refractivity contribution is 5.55. The summed E-state index contributed by atoms with van der Waals surface area (Å²) < 4.78 is 23.7. The van der Waals surface area contributed by atoms with Gasteiger partial charge in [0.1, 0.15) is 11.6 Å². The molecule has 2 rings (SSSR count). The maximum Gasteiger partial charge on any atom is 0.260 e. The summed E-state index contributed by atoms with van der Waals surface area (Å²) in [7, 11) is 1.47. The highest BCUT2D eigenvalue weighted by Gasteiger charge is 2.16. The van der Waals surface area contributed by atoms with E-state index in [1.165, 1.54) is 19.2 Å². The van der Waals surface area contributed by atoms with Gasteiger partial charge in [-0.05, 0) is 18.6 Å². The van der Waals surface area contributed by atoms with E-state index in [1.54, 1.807) is 6.07 Å². The van der Waals surface area contributed by atoms with Crippen molar-refractivity contribution in [3.05, 3.63) is 29.8 Å². The van der Waals surface area contributed by atoms with Crippen LogP contribution in [0.15, 0.2) is 22.7 Å². The Kier molecular flexibility index (Phi) is 3.57. The summed E-state index contributed by atoms with van der Waals surface area (Å²) in [5.41, 5.74) is 6.00. The third-order valence-electron chi connectivity index (χ3n) is 2.62. The number of hydrogen-bond acceptors (Lipinski definition) is 5. The minimum atomic E-state index is -0.477. The standard InChI is InChI=1S/C12H14FN3O2/c1-3-10(14)11-15-12(18-16-11)8-5-4-7(17-2)6-9(8)13/h4-6,10H,3,14H2,1-2H3. The Morgan fingerprint density at radius 3 is 2.89 bits per heavy atom. The lowest BCUT2D eigenvalue weighted by Gasteiger charge is -2.02. The average Bonchev–Trinajstić information content (AvgIpc) is 2.87. The molecule has 0 saturated heterocycles. The predicted octanol–water partition coefficient (Wildman–Crippen LogP) is 2.29. The molecule has 0 radical (unpaired) electrons. The third-order valence-corrected chi connectivity index (χ3v) is 2.62.